The van der Waals surface area contributed by atoms with Gasteiger partial charge in [0.15, 0.2) is 0 Å². The topological polar surface area (TPSA) is 46.5 Å². The highest BCUT2D eigenvalue weighted by Crippen LogP contribution is 2.22. The second-order valence-corrected chi connectivity index (χ2v) is 7.07. The average Bonchev–Trinajstić information content (AvgIpc) is 2.73. The van der Waals surface area contributed by atoms with Crippen LogP contribution in [0, 0.1) is 0 Å². The van der Waals surface area contributed by atoms with E-state index in [1.165, 1.54) is 5.56 Å². The van der Waals surface area contributed by atoms with Crippen LogP contribution >= 0.6 is 0 Å². The van der Waals surface area contributed by atoms with E-state index in [1.807, 2.05) is 37.3 Å². The molecule has 0 amide bonds. The fourth-order valence-electron chi connectivity index (χ4n) is 3.16. The van der Waals surface area contributed by atoms with E-state index in [2.05, 4.69) is 24.3 Å². The van der Waals surface area contributed by atoms with Crippen molar-refractivity contribution in [2.75, 3.05) is 0 Å². The normalized spacial score (nSPS) is 11.8. The Bertz CT molecular complexity index is 868. The Morgan fingerprint density at radius 1 is 0.857 bits per heavy atom. The number of phenols is 1. The van der Waals surface area contributed by atoms with Gasteiger partial charge in [0.05, 0.1) is 11.7 Å². The zero-order valence-electron chi connectivity index (χ0n) is 16.2. The Balaban J connectivity index is 1.40. The van der Waals surface area contributed by atoms with Gasteiger partial charge in [0.1, 0.15) is 5.75 Å². The van der Waals surface area contributed by atoms with Crippen molar-refractivity contribution in [3.05, 3.63) is 90.0 Å². The molecular formula is C25H26O3. The number of unbranched alkanes of at least 4 members (excludes halogenated alkanes) is 1. The van der Waals surface area contributed by atoms with Gasteiger partial charge in [-0.3, -0.25) is 0 Å². The number of aromatic hydroxyl groups is 1. The molecule has 0 aromatic heterocycles. The second-order valence-electron chi connectivity index (χ2n) is 7.07. The van der Waals surface area contributed by atoms with Crippen molar-refractivity contribution in [2.24, 2.45) is 0 Å². The third-order valence-electron chi connectivity index (χ3n) is 4.80. The molecule has 0 spiro atoms. The van der Waals surface area contributed by atoms with E-state index in [-0.39, 0.29) is 17.8 Å². The summed E-state index contributed by atoms with van der Waals surface area (Å²) >= 11 is 0. The highest BCUT2D eigenvalue weighted by molar-refractivity contribution is 5.89. The third kappa shape index (κ3) is 5.71. The quantitative estimate of drug-likeness (QED) is 0.387. The van der Waals surface area contributed by atoms with Gasteiger partial charge in [-0.15, -0.1) is 0 Å². The van der Waals surface area contributed by atoms with Gasteiger partial charge in [-0.1, -0.05) is 54.6 Å². The molecular weight excluding hydrogens is 348 g/mol. The van der Waals surface area contributed by atoms with E-state index < -0.39 is 0 Å². The first-order valence-corrected chi connectivity index (χ1v) is 9.76. The lowest BCUT2D eigenvalue weighted by molar-refractivity contribution is 0.0319. The minimum absolute atomic E-state index is 0.0791. The van der Waals surface area contributed by atoms with E-state index in [9.17, 15) is 9.90 Å². The lowest BCUT2D eigenvalue weighted by Crippen LogP contribution is -2.15. The Morgan fingerprint density at radius 3 is 2.11 bits per heavy atom. The highest BCUT2D eigenvalue weighted by atomic mass is 16.5. The van der Waals surface area contributed by atoms with Crippen molar-refractivity contribution in [2.45, 2.75) is 38.7 Å². The zero-order chi connectivity index (χ0) is 19.8. The standard InChI is InChI=1S/C25H26O3/c1-19(28-25(27)23-9-3-2-4-10-23)7-5-6-8-20-11-13-21(14-12-20)22-15-17-24(26)18-16-22/h2-4,9-19,26H,5-8H2,1H3. The number of carbonyl (C=O) groups is 1. The monoisotopic (exact) mass is 374 g/mol. The van der Waals surface area contributed by atoms with Crippen LogP contribution in [0.5, 0.6) is 5.75 Å². The molecule has 0 aliphatic rings. The smallest absolute Gasteiger partial charge is 0.338 e. The van der Waals surface area contributed by atoms with Crippen LogP contribution in [0.1, 0.15) is 42.1 Å². The van der Waals surface area contributed by atoms with Crippen LogP contribution < -0.4 is 0 Å². The Kier molecular flexibility index (Phi) is 6.85. The minimum Gasteiger partial charge on any atom is -0.508 e. The second kappa shape index (κ2) is 9.75. The predicted molar refractivity (Wildman–Crippen MR) is 112 cm³/mol. The molecule has 1 unspecified atom stereocenters. The number of aryl methyl sites for hydroxylation is 1. The molecule has 3 rings (SSSR count). The number of hydrogen-bond donors (Lipinski definition) is 1. The summed E-state index contributed by atoms with van der Waals surface area (Å²) in [6, 6.07) is 24.9. The van der Waals surface area contributed by atoms with Crippen molar-refractivity contribution in [1.82, 2.24) is 0 Å². The maximum Gasteiger partial charge on any atom is 0.338 e. The molecule has 1 N–H and O–H groups in total. The van der Waals surface area contributed by atoms with Crippen LogP contribution in [-0.2, 0) is 11.2 Å². The summed E-state index contributed by atoms with van der Waals surface area (Å²) < 4.78 is 5.51. The van der Waals surface area contributed by atoms with Gasteiger partial charge in [0, 0.05) is 0 Å². The van der Waals surface area contributed by atoms with Gasteiger partial charge in [-0.2, -0.15) is 0 Å². The van der Waals surface area contributed by atoms with Crippen LogP contribution in [-0.4, -0.2) is 17.2 Å². The van der Waals surface area contributed by atoms with Crippen LogP contribution in [0.4, 0.5) is 0 Å². The number of phenolic OH excluding ortho intramolecular Hbond substituents is 1. The molecule has 28 heavy (non-hydrogen) atoms. The summed E-state index contributed by atoms with van der Waals surface area (Å²) in [6.45, 7) is 1.95. The molecule has 0 bridgehead atoms. The summed E-state index contributed by atoms with van der Waals surface area (Å²) in [4.78, 5) is 12.0. The number of hydrogen-bond acceptors (Lipinski definition) is 3. The number of benzene rings is 3. The van der Waals surface area contributed by atoms with E-state index >= 15 is 0 Å². The third-order valence-corrected chi connectivity index (χ3v) is 4.80. The first-order valence-electron chi connectivity index (χ1n) is 9.76. The summed E-state index contributed by atoms with van der Waals surface area (Å²) in [5, 5.41) is 9.39. The molecule has 3 nitrogen and oxygen atoms in total. The van der Waals surface area contributed by atoms with E-state index in [0.29, 0.717) is 5.56 Å². The molecule has 1 atom stereocenters. The van der Waals surface area contributed by atoms with Crippen molar-refractivity contribution < 1.29 is 14.6 Å². The lowest BCUT2D eigenvalue weighted by atomic mass is 10.0. The first kappa shape index (κ1) is 19.7. The molecule has 0 heterocycles. The van der Waals surface area contributed by atoms with Crippen molar-refractivity contribution in [1.29, 1.82) is 0 Å². The van der Waals surface area contributed by atoms with Gasteiger partial charge >= 0.3 is 5.97 Å². The van der Waals surface area contributed by atoms with Gasteiger partial charge in [-0.05, 0) is 73.6 Å². The van der Waals surface area contributed by atoms with Crippen molar-refractivity contribution in [3.63, 3.8) is 0 Å². The summed E-state index contributed by atoms with van der Waals surface area (Å²) in [5.41, 5.74) is 4.14. The van der Waals surface area contributed by atoms with Gasteiger partial charge in [0.25, 0.3) is 0 Å². The van der Waals surface area contributed by atoms with Crippen LogP contribution in [0.2, 0.25) is 0 Å². The molecule has 0 saturated heterocycles. The fourth-order valence-corrected chi connectivity index (χ4v) is 3.16. The maximum atomic E-state index is 12.0. The molecule has 0 aliphatic heterocycles. The Morgan fingerprint density at radius 2 is 1.46 bits per heavy atom. The largest absolute Gasteiger partial charge is 0.508 e. The summed E-state index contributed by atoms with van der Waals surface area (Å²) in [6.07, 6.45) is 3.87. The Labute approximate surface area is 166 Å². The first-order chi connectivity index (χ1) is 13.6. The van der Waals surface area contributed by atoms with E-state index in [1.54, 1.807) is 24.3 Å². The molecule has 3 aromatic rings. The fraction of sp³-hybridized carbons (Fsp3) is 0.240. The van der Waals surface area contributed by atoms with E-state index in [0.717, 1.165) is 36.8 Å². The predicted octanol–water partition coefficient (Wildman–Crippen LogP) is 6.02. The summed E-state index contributed by atoms with van der Waals surface area (Å²) in [5.74, 6) is 0.0296. The van der Waals surface area contributed by atoms with Gasteiger partial charge in [0.2, 0.25) is 0 Å². The number of rotatable bonds is 8. The van der Waals surface area contributed by atoms with Crippen molar-refractivity contribution >= 4 is 5.97 Å². The average molecular weight is 374 g/mol. The summed E-state index contributed by atoms with van der Waals surface area (Å²) in [7, 11) is 0. The van der Waals surface area contributed by atoms with Crippen LogP contribution in [0.3, 0.4) is 0 Å². The number of carbonyl (C=O) groups excluding carboxylic acids is 1. The molecule has 0 fully saturated rings. The zero-order valence-corrected chi connectivity index (χ0v) is 16.2. The van der Waals surface area contributed by atoms with Crippen molar-refractivity contribution in [3.8, 4) is 16.9 Å². The Hall–Kier alpha value is -3.07. The van der Waals surface area contributed by atoms with E-state index in [4.69, 9.17) is 4.74 Å². The lowest BCUT2D eigenvalue weighted by Gasteiger charge is -2.13. The minimum atomic E-state index is -0.252. The van der Waals surface area contributed by atoms with Gasteiger partial charge < -0.3 is 9.84 Å². The molecule has 144 valence electrons. The molecule has 3 heteroatoms. The number of ether oxygens (including phenoxy) is 1. The van der Waals surface area contributed by atoms with Gasteiger partial charge in [-0.25, -0.2) is 4.79 Å². The number of esters is 1. The van der Waals surface area contributed by atoms with Crippen LogP contribution in [0.25, 0.3) is 11.1 Å². The SMILES string of the molecule is CC(CCCCc1ccc(-c2ccc(O)cc2)cc1)OC(=O)c1ccccc1. The molecule has 0 saturated carbocycles. The molecule has 3 aromatic carbocycles. The highest BCUT2D eigenvalue weighted by Gasteiger charge is 2.11. The van der Waals surface area contributed by atoms with Crippen LogP contribution in [0.15, 0.2) is 78.9 Å². The maximum absolute atomic E-state index is 12.0. The molecule has 0 radical (unpaired) electrons. The molecule has 0 aliphatic carbocycles.